The van der Waals surface area contributed by atoms with Crippen LogP contribution in [0.5, 0.6) is 0 Å². The number of ether oxygens (including phenoxy) is 13. The molecule has 4 aliphatic heterocycles. The van der Waals surface area contributed by atoms with Crippen LogP contribution in [0.4, 0.5) is 0 Å². The van der Waals surface area contributed by atoms with E-state index in [4.69, 9.17) is 61.6 Å². The first-order valence-corrected chi connectivity index (χ1v) is 26.6. The number of rotatable bonds is 15. The van der Waals surface area contributed by atoms with Gasteiger partial charge in [-0.05, 0) is 111 Å². The predicted octanol–water partition coefficient (Wildman–Crippen LogP) is 5.23. The van der Waals surface area contributed by atoms with Gasteiger partial charge in [-0.3, -0.25) is 4.79 Å². The fraction of sp³-hybridized carbons (Fsp3) is 0.889. The molecule has 25 atom stereocenters. The summed E-state index contributed by atoms with van der Waals surface area (Å²) in [7, 11) is 6.29. The second-order valence-electron chi connectivity index (χ2n) is 22.6. The van der Waals surface area contributed by atoms with E-state index in [1.807, 2.05) is 34.6 Å². The Morgan fingerprint density at radius 1 is 0.667 bits per heavy atom. The molecule has 0 aromatic heterocycles. The Labute approximate surface area is 426 Å². The maximum atomic E-state index is 13.4. The second kappa shape index (κ2) is 22.5. The summed E-state index contributed by atoms with van der Waals surface area (Å²) in [5.41, 5.74) is -0.484. The summed E-state index contributed by atoms with van der Waals surface area (Å²) in [6.07, 6.45) is -2.07. The highest BCUT2D eigenvalue weighted by Crippen LogP contribution is 2.68. The lowest BCUT2D eigenvalue weighted by Gasteiger charge is -2.63. The molecule has 0 aromatic rings. The average Bonchev–Trinajstić information content (AvgIpc) is 3.64. The van der Waals surface area contributed by atoms with Gasteiger partial charge in [-0.25, -0.2) is 4.79 Å². The molecule has 4 heterocycles. The topological polar surface area (TPSA) is 215 Å². The average molecular weight is 1020 g/mol. The van der Waals surface area contributed by atoms with Crippen LogP contribution in [0.25, 0.3) is 0 Å². The van der Waals surface area contributed by atoms with E-state index in [1.54, 1.807) is 41.1 Å². The molecule has 4 aliphatic carbocycles. The van der Waals surface area contributed by atoms with Crippen LogP contribution in [-0.2, 0) is 71.2 Å². The number of fused-ring (bicyclic) bond motifs is 5. The number of hydrogen-bond acceptors (Lipinski definition) is 18. The van der Waals surface area contributed by atoms with Gasteiger partial charge in [0.2, 0.25) is 0 Å². The Bertz CT molecular complexity index is 1950. The third-order valence-corrected chi connectivity index (χ3v) is 18.9. The summed E-state index contributed by atoms with van der Waals surface area (Å²) in [5, 5.41) is 34.9. The van der Waals surface area contributed by atoms with Crippen LogP contribution in [0.15, 0.2) is 23.3 Å². The van der Waals surface area contributed by atoms with E-state index in [0.717, 1.165) is 12.8 Å². The predicted molar refractivity (Wildman–Crippen MR) is 258 cm³/mol. The molecule has 4 saturated heterocycles. The van der Waals surface area contributed by atoms with Gasteiger partial charge in [0.15, 0.2) is 25.2 Å². The number of aliphatic hydroxyl groups excluding tert-OH is 2. The highest BCUT2D eigenvalue weighted by atomic mass is 16.8. The minimum atomic E-state index is -1.24. The van der Waals surface area contributed by atoms with E-state index < -0.39 is 121 Å². The van der Waals surface area contributed by atoms with Crippen molar-refractivity contribution in [1.82, 2.24) is 0 Å². The minimum absolute atomic E-state index is 0.0350. The standard InChI is InChI=1S/C54H86O18/c1-14-26(2)50(58)69-40-22-36-35(54(59)20-18-34(27(3)55)53(40,54)9)16-15-32-21-33(17-19-52(32,36)8)68-41-24-38(61-11)46(29(5)65-41)70-43-25-39(62-12)47(30(6)66-43)72-51-45(57)49(63-13)48(31(7)67-51)71-42-23-37(60-10)44(56)28(4)64-42/h14-15,28-31,33-49,51,56-57,59H,16-25H2,1-13H3/b26-14+/t28?,29?,30?,31?,33?,34?,35?,36?,37-,38-,39-,40?,41+,42+,43+,44+,45?,46+,47+,48+,49-,51+,52?,53?,54?/m1/s1. The van der Waals surface area contributed by atoms with Crippen LogP contribution in [0.1, 0.15) is 127 Å². The number of allylic oxidation sites excluding steroid dienone is 2. The molecule has 18 heteroatoms. The Balaban J connectivity index is 0.864. The highest BCUT2D eigenvalue weighted by molar-refractivity contribution is 5.88. The van der Waals surface area contributed by atoms with Crippen LogP contribution in [0, 0.1) is 28.6 Å². The van der Waals surface area contributed by atoms with Gasteiger partial charge >= 0.3 is 5.97 Å². The normalized spacial score (nSPS) is 49.8. The monoisotopic (exact) mass is 1020 g/mol. The van der Waals surface area contributed by atoms with Crippen molar-refractivity contribution in [3.8, 4) is 0 Å². The van der Waals surface area contributed by atoms with E-state index in [2.05, 4.69) is 13.0 Å². The summed E-state index contributed by atoms with van der Waals surface area (Å²) in [6, 6.07) is 0. The number of esters is 1. The van der Waals surface area contributed by atoms with Crippen molar-refractivity contribution < 1.29 is 86.5 Å². The molecule has 13 unspecified atom stereocenters. The summed E-state index contributed by atoms with van der Waals surface area (Å²) >= 11 is 0. The molecule has 3 saturated carbocycles. The number of hydrogen-bond donors (Lipinski definition) is 3. The molecule has 8 rings (SSSR count). The quantitative estimate of drug-likeness (QED) is 0.109. The largest absolute Gasteiger partial charge is 0.458 e. The number of Topliss-reactive ketones (excluding diaryl/α,β-unsaturated/α-hetero) is 1. The molecule has 8 aliphatic rings. The third-order valence-electron chi connectivity index (χ3n) is 18.9. The van der Waals surface area contributed by atoms with Crippen molar-refractivity contribution in [3.05, 3.63) is 23.3 Å². The molecule has 0 radical (unpaired) electrons. The fourth-order valence-corrected chi connectivity index (χ4v) is 14.5. The molecule has 0 spiro atoms. The van der Waals surface area contributed by atoms with Gasteiger partial charge in [0.25, 0.3) is 0 Å². The zero-order valence-corrected chi connectivity index (χ0v) is 44.9. The smallest absolute Gasteiger partial charge is 0.333 e. The Kier molecular flexibility index (Phi) is 17.6. The van der Waals surface area contributed by atoms with Crippen molar-refractivity contribution in [2.75, 3.05) is 28.4 Å². The molecule has 3 N–H and O–H groups in total. The van der Waals surface area contributed by atoms with Gasteiger partial charge in [0.1, 0.15) is 48.5 Å². The lowest BCUT2D eigenvalue weighted by atomic mass is 9.45. The van der Waals surface area contributed by atoms with E-state index >= 15 is 0 Å². The lowest BCUT2D eigenvalue weighted by Crippen LogP contribution is -2.66. The molecule has 0 aromatic carbocycles. The van der Waals surface area contributed by atoms with Crippen LogP contribution < -0.4 is 0 Å². The highest BCUT2D eigenvalue weighted by Gasteiger charge is 2.71. The summed E-state index contributed by atoms with van der Waals surface area (Å²) in [4.78, 5) is 26.5. The van der Waals surface area contributed by atoms with E-state index in [9.17, 15) is 24.9 Å². The summed E-state index contributed by atoms with van der Waals surface area (Å²) in [6.45, 7) is 16.8. The summed E-state index contributed by atoms with van der Waals surface area (Å²) < 4.78 is 81.1. The number of methoxy groups -OCH3 is 4. The zero-order valence-electron chi connectivity index (χ0n) is 44.9. The van der Waals surface area contributed by atoms with E-state index in [0.29, 0.717) is 56.9 Å². The summed E-state index contributed by atoms with van der Waals surface area (Å²) in [5.74, 6) is -0.765. The van der Waals surface area contributed by atoms with Gasteiger partial charge in [-0.15, -0.1) is 0 Å². The van der Waals surface area contributed by atoms with Gasteiger partial charge < -0.3 is 76.9 Å². The zero-order chi connectivity index (χ0) is 52.2. The molecular formula is C54H86O18. The number of ketones is 1. The van der Waals surface area contributed by atoms with Crippen molar-refractivity contribution >= 4 is 11.8 Å². The molecule has 0 bridgehead atoms. The molecular weight excluding hydrogens is 937 g/mol. The van der Waals surface area contributed by atoms with E-state index in [-0.39, 0.29) is 41.2 Å². The van der Waals surface area contributed by atoms with Crippen LogP contribution in [-0.4, -0.2) is 178 Å². The first-order valence-electron chi connectivity index (χ1n) is 26.6. The number of carbonyl (C=O) groups is 2. The van der Waals surface area contributed by atoms with E-state index in [1.165, 1.54) is 19.8 Å². The second-order valence-corrected chi connectivity index (χ2v) is 22.6. The van der Waals surface area contributed by atoms with Crippen molar-refractivity contribution in [1.29, 1.82) is 0 Å². The van der Waals surface area contributed by atoms with Crippen LogP contribution in [0.3, 0.4) is 0 Å². The van der Waals surface area contributed by atoms with Gasteiger partial charge in [0.05, 0.1) is 54.4 Å². The Hall–Kier alpha value is -1.98. The van der Waals surface area contributed by atoms with Gasteiger partial charge in [-0.2, -0.15) is 0 Å². The van der Waals surface area contributed by atoms with Gasteiger partial charge in [-0.1, -0.05) is 31.6 Å². The van der Waals surface area contributed by atoms with Crippen LogP contribution in [0.2, 0.25) is 0 Å². The molecule has 7 fully saturated rings. The van der Waals surface area contributed by atoms with Crippen LogP contribution >= 0.6 is 0 Å². The maximum Gasteiger partial charge on any atom is 0.333 e. The lowest BCUT2D eigenvalue weighted by molar-refractivity contribution is -0.365. The molecule has 18 nitrogen and oxygen atoms in total. The van der Waals surface area contributed by atoms with Crippen molar-refractivity contribution in [3.63, 3.8) is 0 Å². The fourth-order valence-electron chi connectivity index (χ4n) is 14.5. The molecule has 410 valence electrons. The van der Waals surface area contributed by atoms with Crippen molar-refractivity contribution in [2.24, 2.45) is 28.6 Å². The Morgan fingerprint density at radius 2 is 1.24 bits per heavy atom. The first-order chi connectivity index (χ1) is 34.1. The van der Waals surface area contributed by atoms with Crippen molar-refractivity contribution in [2.45, 2.75) is 249 Å². The number of carbonyl (C=O) groups excluding carboxylic acids is 2. The first kappa shape index (κ1) is 56.2. The number of aliphatic hydroxyl groups is 3. The molecule has 72 heavy (non-hydrogen) atoms. The third kappa shape index (κ3) is 10.3. The minimum Gasteiger partial charge on any atom is -0.458 e. The maximum absolute atomic E-state index is 13.4. The Morgan fingerprint density at radius 3 is 1.83 bits per heavy atom. The van der Waals surface area contributed by atoms with Gasteiger partial charge in [0, 0.05) is 64.6 Å². The molecule has 0 amide bonds. The SMILES string of the molecule is C/C=C(\C)C(=O)OC1CC2C(CC=C3CC(O[C@H]4C[C@@H](OC)[C@@H](O[C@H]5C[C@@H](OC)[C@@H](O[C@@H]6OC(C)[C@H](O[C@H]7C[C@@H](OC)[C@@H](O)C(C)O7)[C@H](OC)C6O)C(C)O5)C(C)O4)CCC32C)C2(O)CCC(C(C)=O)C12C.